The van der Waals surface area contributed by atoms with Gasteiger partial charge in [-0.05, 0) is 38.0 Å². The first-order chi connectivity index (χ1) is 16.1. The van der Waals surface area contributed by atoms with Crippen LogP contribution in [0.1, 0.15) is 54.0 Å². The lowest BCUT2D eigenvalue weighted by Crippen LogP contribution is -2.09. The quantitative estimate of drug-likeness (QED) is 0.375. The Labute approximate surface area is 196 Å². The molecule has 1 aliphatic carbocycles. The molecule has 162 valence electrons. The van der Waals surface area contributed by atoms with Crippen molar-refractivity contribution in [1.82, 2.24) is 19.5 Å². The number of allylic oxidation sites excluding steroid dienone is 1. The minimum Gasteiger partial charge on any atom is -0.487 e. The zero-order valence-corrected chi connectivity index (χ0v) is 18.8. The van der Waals surface area contributed by atoms with Gasteiger partial charge >= 0.3 is 0 Å². The highest BCUT2D eigenvalue weighted by Gasteiger charge is 2.31. The molecule has 4 aromatic rings. The zero-order valence-electron chi connectivity index (χ0n) is 18.0. The van der Waals surface area contributed by atoms with Crippen molar-refractivity contribution < 1.29 is 4.74 Å². The first-order valence-corrected chi connectivity index (χ1v) is 11.3. The Morgan fingerprint density at radius 1 is 1.15 bits per heavy atom. The molecule has 0 N–H and O–H groups in total. The molecule has 2 aliphatic rings. The second-order valence-corrected chi connectivity index (χ2v) is 8.90. The van der Waals surface area contributed by atoms with Gasteiger partial charge in [0.2, 0.25) is 0 Å². The molecule has 1 aliphatic heterocycles. The van der Waals surface area contributed by atoms with Crippen LogP contribution in [0.3, 0.4) is 0 Å². The van der Waals surface area contributed by atoms with E-state index in [1.165, 1.54) is 0 Å². The summed E-state index contributed by atoms with van der Waals surface area (Å²) in [6.45, 7) is 2.73. The van der Waals surface area contributed by atoms with E-state index >= 15 is 0 Å². The van der Waals surface area contributed by atoms with Crippen LogP contribution in [0.2, 0.25) is 5.02 Å². The molecule has 0 bridgehead atoms. The van der Waals surface area contributed by atoms with Gasteiger partial charge in [0.15, 0.2) is 5.65 Å². The first-order valence-electron chi connectivity index (χ1n) is 11.0. The minimum absolute atomic E-state index is 0.340. The van der Waals surface area contributed by atoms with Crippen LogP contribution < -0.4 is 4.74 Å². The predicted octanol–water partition coefficient (Wildman–Crippen LogP) is 5.64. The third kappa shape index (κ3) is 3.37. The maximum absolute atomic E-state index is 9.67. The largest absolute Gasteiger partial charge is 0.487 e. The monoisotopic (exact) mass is 453 g/mol. The van der Waals surface area contributed by atoms with Crippen molar-refractivity contribution in [1.29, 1.82) is 5.26 Å². The number of aromatic nitrogens is 4. The first kappa shape index (κ1) is 20.0. The van der Waals surface area contributed by atoms with Gasteiger partial charge in [0.25, 0.3) is 0 Å². The van der Waals surface area contributed by atoms with Gasteiger partial charge in [0, 0.05) is 34.4 Å². The molecule has 0 radical (unpaired) electrons. The van der Waals surface area contributed by atoms with E-state index in [0.29, 0.717) is 29.7 Å². The van der Waals surface area contributed by atoms with Gasteiger partial charge in [-0.15, -0.1) is 0 Å². The fraction of sp³-hybridized carbons (Fsp3) is 0.231. The van der Waals surface area contributed by atoms with Gasteiger partial charge < -0.3 is 9.30 Å². The topological polar surface area (TPSA) is 76.6 Å². The molecule has 1 saturated carbocycles. The number of nitriles is 1. The highest BCUT2D eigenvalue weighted by atomic mass is 35.5. The maximum atomic E-state index is 9.67. The highest BCUT2D eigenvalue weighted by molar-refractivity contribution is 6.34. The summed E-state index contributed by atoms with van der Waals surface area (Å²) in [5, 5.41) is 10.3. The normalized spacial score (nSPS) is 16.4. The molecule has 33 heavy (non-hydrogen) atoms. The Morgan fingerprint density at radius 3 is 2.82 bits per heavy atom. The van der Waals surface area contributed by atoms with Crippen molar-refractivity contribution in [2.24, 2.45) is 0 Å². The van der Waals surface area contributed by atoms with E-state index in [1.807, 2.05) is 37.3 Å². The van der Waals surface area contributed by atoms with Crippen molar-refractivity contribution in [3.63, 3.8) is 0 Å². The van der Waals surface area contributed by atoms with Crippen LogP contribution in [0.5, 0.6) is 5.75 Å². The van der Waals surface area contributed by atoms with Crippen LogP contribution in [0.25, 0.3) is 16.7 Å². The van der Waals surface area contributed by atoms with Crippen LogP contribution in [0.15, 0.2) is 54.2 Å². The number of rotatable bonds is 3. The Hall–Kier alpha value is -3.69. The molecule has 1 aromatic carbocycles. The van der Waals surface area contributed by atoms with E-state index in [1.54, 1.807) is 12.3 Å². The van der Waals surface area contributed by atoms with Gasteiger partial charge in [-0.3, -0.25) is 4.98 Å². The second kappa shape index (κ2) is 7.72. The minimum atomic E-state index is 0.340. The molecule has 0 spiro atoms. The number of benzene rings is 1. The van der Waals surface area contributed by atoms with E-state index in [0.717, 1.165) is 63.7 Å². The van der Waals surface area contributed by atoms with Gasteiger partial charge in [-0.25, -0.2) is 9.97 Å². The fourth-order valence-electron chi connectivity index (χ4n) is 4.50. The molecule has 0 unspecified atom stereocenters. The summed E-state index contributed by atoms with van der Waals surface area (Å²) in [5.74, 6) is 2.23. The molecule has 1 fully saturated rings. The fourth-order valence-corrected chi connectivity index (χ4v) is 4.68. The number of nitrogens with zero attached hydrogens (tertiary/aromatic N) is 5. The third-order valence-electron chi connectivity index (χ3n) is 6.24. The van der Waals surface area contributed by atoms with Crippen LogP contribution in [0.4, 0.5) is 0 Å². The van der Waals surface area contributed by atoms with Crippen molar-refractivity contribution in [3.05, 3.63) is 87.6 Å². The third-order valence-corrected chi connectivity index (χ3v) is 6.55. The van der Waals surface area contributed by atoms with Crippen molar-refractivity contribution in [3.8, 4) is 11.8 Å². The average molecular weight is 454 g/mol. The number of halogens is 1. The zero-order chi connectivity index (χ0) is 22.5. The molecule has 0 amide bonds. The smallest absolute Gasteiger partial charge is 0.161 e. The van der Waals surface area contributed by atoms with E-state index in [9.17, 15) is 5.26 Å². The number of ether oxygens (including phenoxy) is 1. The van der Waals surface area contributed by atoms with Crippen molar-refractivity contribution >= 4 is 28.3 Å². The summed E-state index contributed by atoms with van der Waals surface area (Å²) in [5.41, 5.74) is 6.59. The number of hydrogen-bond donors (Lipinski definition) is 0. The molecule has 3 aromatic heterocycles. The summed E-state index contributed by atoms with van der Waals surface area (Å²) in [6.07, 6.45) is 3.98. The van der Waals surface area contributed by atoms with E-state index in [4.69, 9.17) is 26.3 Å². The lowest BCUT2D eigenvalue weighted by Gasteiger charge is -2.13. The lowest BCUT2D eigenvalue weighted by molar-refractivity contribution is 0.302. The van der Waals surface area contributed by atoms with Gasteiger partial charge in [0.1, 0.15) is 23.7 Å². The summed E-state index contributed by atoms with van der Waals surface area (Å²) in [4.78, 5) is 14.4. The molecule has 6 nitrogen and oxygen atoms in total. The van der Waals surface area contributed by atoms with Crippen molar-refractivity contribution in [2.45, 2.75) is 38.8 Å². The van der Waals surface area contributed by atoms with E-state index < -0.39 is 0 Å². The summed E-state index contributed by atoms with van der Waals surface area (Å²) in [7, 11) is 0. The summed E-state index contributed by atoms with van der Waals surface area (Å²) >= 11 is 6.41. The van der Waals surface area contributed by atoms with Crippen LogP contribution >= 0.6 is 11.6 Å². The van der Waals surface area contributed by atoms with E-state index in [2.05, 4.69) is 21.7 Å². The standard InChI is InChI=1S/C26H20ClN5O/c1-15(12-28)23-18-9-8-17(30-21(18)14-33-22-5-3-2-4-19(22)23)13-32-25(16-6-7-16)31-24-20(27)10-11-29-26(24)32/h2-5,8-11,16H,6-7,13-14H2,1H3/b23-15+. The molecule has 7 heteroatoms. The Bertz CT molecular complexity index is 1490. The predicted molar refractivity (Wildman–Crippen MR) is 126 cm³/mol. The Kier molecular flexibility index (Phi) is 4.67. The number of imidazole rings is 1. The van der Waals surface area contributed by atoms with E-state index in [-0.39, 0.29) is 0 Å². The molecular weight excluding hydrogens is 434 g/mol. The molecule has 4 heterocycles. The molecule has 0 saturated heterocycles. The molecule has 6 rings (SSSR count). The molecule has 0 atom stereocenters. The Morgan fingerprint density at radius 2 is 2.00 bits per heavy atom. The second-order valence-electron chi connectivity index (χ2n) is 8.49. The van der Waals surface area contributed by atoms with Crippen LogP contribution in [-0.4, -0.2) is 19.5 Å². The maximum Gasteiger partial charge on any atom is 0.161 e. The van der Waals surface area contributed by atoms with Gasteiger partial charge in [0.05, 0.1) is 29.0 Å². The van der Waals surface area contributed by atoms with Crippen LogP contribution in [0, 0.1) is 11.3 Å². The summed E-state index contributed by atoms with van der Waals surface area (Å²) < 4.78 is 8.23. The SMILES string of the molecule is C/C(C#N)=C1\c2ccccc2OCc2nc(Cn3c(C4CC4)nc4c(Cl)ccnc43)ccc21. The summed E-state index contributed by atoms with van der Waals surface area (Å²) in [6, 6.07) is 16.0. The highest BCUT2D eigenvalue weighted by Crippen LogP contribution is 2.42. The number of pyridine rings is 2. The molecular formula is C26H20ClN5O. The van der Waals surface area contributed by atoms with Gasteiger partial charge in [-0.1, -0.05) is 35.9 Å². The number of para-hydroxylation sites is 1. The lowest BCUT2D eigenvalue weighted by atomic mass is 9.93. The average Bonchev–Trinajstić information content (AvgIpc) is 3.63. The van der Waals surface area contributed by atoms with Crippen molar-refractivity contribution in [2.75, 3.05) is 0 Å². The van der Waals surface area contributed by atoms with Gasteiger partial charge in [-0.2, -0.15) is 5.26 Å². The Balaban J connectivity index is 1.46. The van der Waals surface area contributed by atoms with Crippen LogP contribution in [-0.2, 0) is 13.2 Å². The number of hydrogen-bond acceptors (Lipinski definition) is 5. The number of fused-ring (bicyclic) bond motifs is 3.